The first kappa shape index (κ1) is 38.0. The summed E-state index contributed by atoms with van der Waals surface area (Å²) in [6.45, 7) is 18.5. The molecule has 5 nitrogen and oxygen atoms in total. The largest absolute Gasteiger partial charge is 0.458 e. The third-order valence-corrected chi connectivity index (χ3v) is 26.8. The molecule has 0 unspecified atom stereocenters. The van der Waals surface area contributed by atoms with Crippen molar-refractivity contribution in [2.75, 3.05) is 0 Å². The second-order valence-corrected chi connectivity index (χ2v) is 35.0. The predicted octanol–water partition coefficient (Wildman–Crippen LogP) is 18.0. The first-order valence-corrected chi connectivity index (χ1v) is 37.2. The monoisotopic (exact) mass is 1400 g/mol. The Hall–Kier alpha value is -11.5. The van der Waals surface area contributed by atoms with Crippen LogP contribution in [0, 0.1) is 6.33 Å². The van der Waals surface area contributed by atoms with E-state index in [0.717, 1.165) is 51.2 Å². The summed E-state index contributed by atoms with van der Waals surface area (Å²) in [5.41, 5.74) is 1.81. The van der Waals surface area contributed by atoms with Crippen molar-refractivity contribution in [3.05, 3.63) is 368 Å². The minimum Gasteiger partial charge on any atom is -0.458 e. The number of pyridine rings is 1. The highest BCUT2D eigenvalue weighted by atomic mass is 28.3. The van der Waals surface area contributed by atoms with Crippen LogP contribution in [-0.2, 0) is 16.2 Å². The maximum absolute atomic E-state index is 11.5. The van der Waals surface area contributed by atoms with Gasteiger partial charge in [0.25, 0.3) is 6.33 Å². The van der Waals surface area contributed by atoms with E-state index in [1.165, 1.54) is 9.13 Å². The van der Waals surface area contributed by atoms with Crippen LogP contribution in [-0.4, -0.2) is 30.3 Å². The lowest BCUT2D eigenvalue weighted by atomic mass is 9.79. The Morgan fingerprint density at radius 2 is 0.903 bits per heavy atom. The van der Waals surface area contributed by atoms with Gasteiger partial charge in [-0.25, -0.2) is 4.98 Å². The molecule has 0 atom stereocenters. The molecule has 502 valence electrons. The third kappa shape index (κ3) is 12.0. The van der Waals surface area contributed by atoms with Crippen LogP contribution in [0.25, 0.3) is 72.3 Å². The molecule has 16 aromatic rings. The molecule has 0 aliphatic rings. The van der Waals surface area contributed by atoms with Gasteiger partial charge in [-0.2, -0.15) is 0 Å². The summed E-state index contributed by atoms with van der Waals surface area (Å²) in [7, 11) is -13.5. The second-order valence-electron chi connectivity index (χ2n) is 28.0. The van der Waals surface area contributed by atoms with Crippen molar-refractivity contribution in [3.8, 4) is 50.9 Å². The molecule has 0 fully saturated rings. The van der Waals surface area contributed by atoms with E-state index in [1.54, 1.807) is 54.7 Å². The summed E-state index contributed by atoms with van der Waals surface area (Å²) in [5, 5.41) is -7.14. The minimum absolute atomic E-state index is 0.0899. The third-order valence-electron chi connectivity index (χ3n) is 18.6. The second kappa shape index (κ2) is 26.5. The van der Waals surface area contributed by atoms with Gasteiger partial charge in [-0.15, -0.1) is 0 Å². The van der Waals surface area contributed by atoms with E-state index in [0.29, 0.717) is 28.2 Å². The number of aromatic nitrogens is 4. The van der Waals surface area contributed by atoms with Crippen LogP contribution in [0.5, 0.6) is 11.5 Å². The molecule has 13 aromatic carbocycles. The molecule has 3 aromatic heterocycles. The van der Waals surface area contributed by atoms with Gasteiger partial charge in [0.05, 0.1) is 80.0 Å². The van der Waals surface area contributed by atoms with E-state index in [9.17, 15) is 42.5 Å². The molecular formula is C96H84N4OSi2. The van der Waals surface area contributed by atoms with Crippen molar-refractivity contribution in [2.45, 2.75) is 78.6 Å². The SMILES string of the molecule is [2H]c1c([2H])c([2H])c([Si](c2cccc(-c3c([2H])c([2H])c([2H])c([Si](c4c([2H])c([2H])c([2H])c([2H])c4[2H])(c4c([2H])c([2H])c([2H])c([2H])c4[2H])c4c([2H])c([2H])c([2H])c([2H])c4[2H])c3[2H])c2-[n+]2[c-]n(-c3cccc(Oc4ccc5c6ccccc6n(-c6cc(C(C)(C)C)ccn6)c5c4)c3)c3cc(-c4cc(C(C)(C)C)cc(C(C)(C)C)c4)ccc32)(c2c([2H])c([2H])c([2H])c([2H])c2[2H])c2c([2H])c([2H])c([2H])c([2H])c2[2H])c([2H])c1[2H]. The first-order chi connectivity index (χ1) is 64.1. The molecule has 0 bridgehead atoms. The van der Waals surface area contributed by atoms with Gasteiger partial charge in [-0.3, -0.25) is 13.7 Å². The lowest BCUT2D eigenvalue weighted by molar-refractivity contribution is -0.570. The normalized spacial score (nSPS) is 16.9. The van der Waals surface area contributed by atoms with E-state index < -0.39 is 291 Å². The number of ether oxygens (including phenoxy) is 1. The highest BCUT2D eigenvalue weighted by molar-refractivity contribution is 7.20. The van der Waals surface area contributed by atoms with E-state index in [1.807, 2.05) is 107 Å². The summed E-state index contributed by atoms with van der Waals surface area (Å²) in [4.78, 5) is 4.88. The fourth-order valence-electron chi connectivity index (χ4n) is 13.5. The van der Waals surface area contributed by atoms with Gasteiger partial charge in [0, 0.05) is 23.0 Å². The quantitative estimate of drug-likeness (QED) is 0.0444. The predicted molar refractivity (Wildman–Crippen MR) is 436 cm³/mol. The van der Waals surface area contributed by atoms with Crippen LogP contribution >= 0.6 is 0 Å². The van der Waals surface area contributed by atoms with Gasteiger partial charge >= 0.3 is 0 Å². The Morgan fingerprint density at radius 3 is 1.47 bits per heavy atom. The van der Waals surface area contributed by atoms with Gasteiger partial charge in [-0.05, 0) is 151 Å². The number of imidazole rings is 1. The molecule has 0 saturated carbocycles. The highest BCUT2D eigenvalue weighted by Gasteiger charge is 2.45. The fraction of sp³-hybridized carbons (Fsp3) is 0.125. The van der Waals surface area contributed by atoms with Crippen LogP contribution in [0.15, 0.2) is 345 Å². The van der Waals surface area contributed by atoms with Crippen LogP contribution in [0.3, 0.4) is 0 Å². The van der Waals surface area contributed by atoms with Gasteiger partial charge in [0.1, 0.15) is 17.3 Å². The molecule has 0 N–H and O–H groups in total. The van der Waals surface area contributed by atoms with Gasteiger partial charge in [-0.1, -0.05) is 341 Å². The van der Waals surface area contributed by atoms with Crippen molar-refractivity contribution < 1.29 is 55.9 Å². The molecule has 0 saturated heterocycles. The minimum atomic E-state index is -6.80. The standard InChI is InChI=1S/C96H84N4OSi2/c1-94(2,3)71-57-58-97-92(64-71)100-87-51-29-28-49-85(87)86-55-54-76(66-89(86)100)101-75-35-31-34-74(65-75)98-67-99(88-56-53-68(62-90(88)98)70-59-72(95(4,5)6)63-73(60-70)96(7,8)9)93-84(50-32-52-91(93)103(80-42-22-13-23-43-80,81-44-24-14-25-45-81)82-46-26-15-27-47-82)69-33-30-48-83(61-69)102(77-36-16-10-17-37-77,78-38-18-11-19-39-78)79-40-20-12-21-41-79/h10-66H,1-9H3/i10D,11D,12D,13D,14D,15D,16D,17D,18D,19D,20D,21D,22D,23D,24D,25D,26D,27D,30D,33D,36D,37D,38D,39D,40D,41D,42D,43D,44D,45D,46D,47D,48D,61D. The summed E-state index contributed by atoms with van der Waals surface area (Å²) in [6.07, 6.45) is 5.21. The van der Waals surface area contributed by atoms with Gasteiger partial charge in [0.2, 0.25) is 0 Å². The highest BCUT2D eigenvalue weighted by Crippen LogP contribution is 2.39. The average Bonchev–Trinajstić information content (AvgIpc) is 1.49. The lowest BCUT2D eigenvalue weighted by Gasteiger charge is -2.37. The van der Waals surface area contributed by atoms with E-state index in [-0.39, 0.29) is 27.9 Å². The maximum Gasteiger partial charge on any atom is 0.269 e. The molecule has 103 heavy (non-hydrogen) atoms. The number of rotatable bonds is 15. The van der Waals surface area contributed by atoms with Crippen LogP contribution in [0.1, 0.15) is 126 Å². The topological polar surface area (TPSA) is 35.9 Å². The molecule has 16 rings (SSSR count). The van der Waals surface area contributed by atoms with Crippen LogP contribution in [0.2, 0.25) is 0 Å². The molecule has 0 aliphatic heterocycles. The Balaban J connectivity index is 1.16. The molecule has 0 amide bonds. The summed E-state index contributed by atoms with van der Waals surface area (Å²) in [5.74, 6) is 1.08. The Labute approximate surface area is 656 Å². The average molecular weight is 1400 g/mol. The zero-order valence-corrected chi connectivity index (χ0v) is 59.5. The van der Waals surface area contributed by atoms with E-state index in [2.05, 4.69) is 33.2 Å². The molecular weight excluding hydrogens is 1280 g/mol. The Kier molecular flexibility index (Phi) is 9.76. The van der Waals surface area contributed by atoms with Gasteiger partial charge in [0.15, 0.2) is 16.1 Å². The number of nitrogens with zero attached hydrogens (tertiary/aromatic N) is 4. The summed E-state index contributed by atoms with van der Waals surface area (Å²) in [6, 6.07) is -4.26. The smallest absolute Gasteiger partial charge is 0.269 e. The van der Waals surface area contributed by atoms with Crippen LogP contribution in [0.4, 0.5) is 0 Å². The number of fused-ring (bicyclic) bond motifs is 4. The summed E-state index contributed by atoms with van der Waals surface area (Å²) < 4.78 is 348. The Bertz CT molecular complexity index is 7430. The van der Waals surface area contributed by atoms with Gasteiger partial charge < -0.3 is 4.74 Å². The molecule has 0 radical (unpaired) electrons. The van der Waals surface area contributed by atoms with E-state index >= 15 is 0 Å². The fourth-order valence-corrected chi connectivity index (χ4v) is 21.1. The van der Waals surface area contributed by atoms with Crippen molar-refractivity contribution >= 4 is 90.5 Å². The molecule has 7 heteroatoms. The first-order valence-electron chi connectivity index (χ1n) is 50.2. The summed E-state index contributed by atoms with van der Waals surface area (Å²) >= 11 is 0. The zero-order chi connectivity index (χ0) is 100. The number of hydrogen-bond acceptors (Lipinski definition) is 2. The molecule has 3 heterocycles. The maximum atomic E-state index is 11.5. The Morgan fingerprint density at radius 1 is 0.388 bits per heavy atom. The lowest BCUT2D eigenvalue weighted by Crippen LogP contribution is -2.76. The number of benzene rings is 13. The van der Waals surface area contributed by atoms with Crippen molar-refractivity contribution in [1.82, 2.24) is 14.1 Å². The molecule has 0 spiro atoms. The number of hydrogen-bond donors (Lipinski definition) is 0. The van der Waals surface area contributed by atoms with Crippen molar-refractivity contribution in [3.63, 3.8) is 0 Å². The van der Waals surface area contributed by atoms with Crippen molar-refractivity contribution in [2.24, 2.45) is 0 Å². The zero-order valence-electron chi connectivity index (χ0n) is 91.5. The van der Waals surface area contributed by atoms with E-state index in [4.69, 9.17) is 13.8 Å². The number of para-hydroxylation sites is 2. The van der Waals surface area contributed by atoms with Crippen LogP contribution < -0.4 is 50.8 Å². The molecule has 0 aliphatic carbocycles. The van der Waals surface area contributed by atoms with Crippen molar-refractivity contribution in [1.29, 1.82) is 0 Å².